The van der Waals surface area contributed by atoms with Crippen molar-refractivity contribution in [2.45, 2.75) is 26.7 Å². The van der Waals surface area contributed by atoms with Crippen LogP contribution in [0.3, 0.4) is 0 Å². The van der Waals surface area contributed by atoms with Crippen LogP contribution in [-0.2, 0) is 4.79 Å². The molecule has 0 radical (unpaired) electrons. The summed E-state index contributed by atoms with van der Waals surface area (Å²) in [5.41, 5.74) is 1.88. The molecule has 0 fully saturated rings. The van der Waals surface area contributed by atoms with Crippen molar-refractivity contribution in [1.29, 1.82) is 5.26 Å². The molecular weight excluding hydrogens is 200 g/mol. The van der Waals surface area contributed by atoms with Crippen LogP contribution in [0.1, 0.15) is 32.3 Å². The third-order valence-corrected chi connectivity index (χ3v) is 2.43. The van der Waals surface area contributed by atoms with Gasteiger partial charge in [-0.1, -0.05) is 32.0 Å². The number of benzene rings is 1. The molecular formula is C13H16N2O. The Morgan fingerprint density at radius 3 is 2.50 bits per heavy atom. The molecule has 0 aliphatic carbocycles. The van der Waals surface area contributed by atoms with Gasteiger partial charge in [-0.15, -0.1) is 0 Å². The van der Waals surface area contributed by atoms with Crippen LogP contribution in [0.15, 0.2) is 24.3 Å². The molecule has 0 aliphatic heterocycles. The molecule has 0 saturated heterocycles. The first-order valence-corrected chi connectivity index (χ1v) is 5.35. The van der Waals surface area contributed by atoms with Gasteiger partial charge >= 0.3 is 0 Å². The summed E-state index contributed by atoms with van der Waals surface area (Å²) in [6.45, 7) is 5.73. The Labute approximate surface area is 96.1 Å². The van der Waals surface area contributed by atoms with Crippen molar-refractivity contribution in [3.63, 3.8) is 0 Å². The van der Waals surface area contributed by atoms with Crippen molar-refractivity contribution in [1.82, 2.24) is 0 Å². The van der Waals surface area contributed by atoms with Gasteiger partial charge in [-0.05, 0) is 24.5 Å². The number of hydrogen-bond donors (Lipinski definition) is 1. The van der Waals surface area contributed by atoms with Gasteiger partial charge in [0, 0.05) is 5.69 Å². The molecule has 1 N–H and O–H groups in total. The highest BCUT2D eigenvalue weighted by Crippen LogP contribution is 2.23. The smallest absolute Gasteiger partial charge is 0.241 e. The highest BCUT2D eigenvalue weighted by Gasteiger charge is 2.14. The maximum absolute atomic E-state index is 11.6. The van der Waals surface area contributed by atoms with Crippen molar-refractivity contribution >= 4 is 11.6 Å². The fourth-order valence-corrected chi connectivity index (χ4v) is 1.41. The van der Waals surface area contributed by atoms with Gasteiger partial charge in [0.25, 0.3) is 0 Å². The molecule has 1 atom stereocenters. The first-order valence-electron chi connectivity index (χ1n) is 5.35. The van der Waals surface area contributed by atoms with Gasteiger partial charge in [-0.25, -0.2) is 0 Å². The topological polar surface area (TPSA) is 52.9 Å². The highest BCUT2D eigenvalue weighted by atomic mass is 16.1. The molecule has 0 aromatic heterocycles. The standard InChI is InChI=1S/C13H16N2O/c1-9(2)11-6-4-5-7-12(11)15-13(16)10(3)8-14/h4-7,9-10H,1-3H3,(H,15,16). The number of amides is 1. The van der Waals surface area contributed by atoms with Crippen molar-refractivity contribution in [2.75, 3.05) is 5.32 Å². The Morgan fingerprint density at radius 1 is 1.31 bits per heavy atom. The lowest BCUT2D eigenvalue weighted by Gasteiger charge is -2.14. The third kappa shape index (κ3) is 2.83. The molecule has 1 rings (SSSR count). The number of para-hydroxylation sites is 1. The largest absolute Gasteiger partial charge is 0.325 e. The normalized spacial score (nSPS) is 11.9. The van der Waals surface area contributed by atoms with Crippen molar-refractivity contribution in [3.8, 4) is 6.07 Å². The minimum atomic E-state index is -0.625. The number of carbonyl (C=O) groups is 1. The molecule has 16 heavy (non-hydrogen) atoms. The van der Waals surface area contributed by atoms with Gasteiger partial charge < -0.3 is 5.32 Å². The van der Waals surface area contributed by atoms with E-state index < -0.39 is 5.92 Å². The van der Waals surface area contributed by atoms with E-state index in [2.05, 4.69) is 19.2 Å². The highest BCUT2D eigenvalue weighted by molar-refractivity contribution is 5.94. The average molecular weight is 216 g/mol. The van der Waals surface area contributed by atoms with E-state index in [0.717, 1.165) is 11.3 Å². The molecule has 1 amide bonds. The quantitative estimate of drug-likeness (QED) is 0.844. The molecule has 0 bridgehead atoms. The molecule has 1 aromatic rings. The maximum atomic E-state index is 11.6. The number of rotatable bonds is 3. The van der Waals surface area contributed by atoms with Crippen molar-refractivity contribution in [2.24, 2.45) is 5.92 Å². The second-order valence-electron chi connectivity index (χ2n) is 4.08. The average Bonchev–Trinajstić information content (AvgIpc) is 2.28. The molecule has 1 aromatic carbocycles. The van der Waals surface area contributed by atoms with Gasteiger partial charge in [0.2, 0.25) is 5.91 Å². The lowest BCUT2D eigenvalue weighted by molar-refractivity contribution is -0.117. The number of nitriles is 1. The first kappa shape index (κ1) is 12.3. The van der Waals surface area contributed by atoms with Crippen LogP contribution in [0.2, 0.25) is 0 Å². The molecule has 3 nitrogen and oxygen atoms in total. The molecule has 0 heterocycles. The molecule has 0 spiro atoms. The van der Waals surface area contributed by atoms with Gasteiger partial charge in [-0.2, -0.15) is 5.26 Å². The summed E-state index contributed by atoms with van der Waals surface area (Å²) in [5.74, 6) is -0.537. The summed E-state index contributed by atoms with van der Waals surface area (Å²) in [6.07, 6.45) is 0. The van der Waals surface area contributed by atoms with E-state index in [0.29, 0.717) is 5.92 Å². The SMILES string of the molecule is CC(C#N)C(=O)Nc1ccccc1C(C)C. The van der Waals surface area contributed by atoms with E-state index in [1.165, 1.54) is 0 Å². The van der Waals surface area contributed by atoms with E-state index in [-0.39, 0.29) is 5.91 Å². The van der Waals surface area contributed by atoms with E-state index in [4.69, 9.17) is 5.26 Å². The second-order valence-corrected chi connectivity index (χ2v) is 4.08. The third-order valence-electron chi connectivity index (χ3n) is 2.43. The fourth-order valence-electron chi connectivity index (χ4n) is 1.41. The zero-order chi connectivity index (χ0) is 12.1. The predicted octanol–water partition coefficient (Wildman–Crippen LogP) is 2.91. The van der Waals surface area contributed by atoms with Crippen molar-refractivity contribution in [3.05, 3.63) is 29.8 Å². The lowest BCUT2D eigenvalue weighted by atomic mass is 10.0. The first-order chi connectivity index (χ1) is 7.56. The molecule has 0 saturated carbocycles. The van der Waals surface area contributed by atoms with Crippen molar-refractivity contribution < 1.29 is 4.79 Å². The Balaban J connectivity index is 2.90. The van der Waals surface area contributed by atoms with Crippen LogP contribution in [0.4, 0.5) is 5.69 Å². The molecule has 0 aliphatic rings. The summed E-state index contributed by atoms with van der Waals surface area (Å²) < 4.78 is 0. The monoisotopic (exact) mass is 216 g/mol. The minimum Gasteiger partial charge on any atom is -0.325 e. The molecule has 84 valence electrons. The number of anilines is 1. The zero-order valence-electron chi connectivity index (χ0n) is 9.82. The lowest BCUT2D eigenvalue weighted by Crippen LogP contribution is -2.19. The van der Waals surface area contributed by atoms with Crippen LogP contribution >= 0.6 is 0 Å². The van der Waals surface area contributed by atoms with Crippen LogP contribution in [0.25, 0.3) is 0 Å². The van der Waals surface area contributed by atoms with Crippen LogP contribution in [-0.4, -0.2) is 5.91 Å². The summed E-state index contributed by atoms with van der Waals surface area (Å²) in [6, 6.07) is 9.58. The summed E-state index contributed by atoms with van der Waals surface area (Å²) >= 11 is 0. The Kier molecular flexibility index (Phi) is 4.07. The van der Waals surface area contributed by atoms with E-state index >= 15 is 0 Å². The number of nitrogens with one attached hydrogen (secondary N) is 1. The van der Waals surface area contributed by atoms with Gasteiger partial charge in [0.05, 0.1) is 6.07 Å². The van der Waals surface area contributed by atoms with Crippen LogP contribution in [0, 0.1) is 17.2 Å². The zero-order valence-corrected chi connectivity index (χ0v) is 9.82. The van der Waals surface area contributed by atoms with Gasteiger partial charge in [0.1, 0.15) is 5.92 Å². The summed E-state index contributed by atoms with van der Waals surface area (Å²) in [7, 11) is 0. The van der Waals surface area contributed by atoms with E-state index in [1.54, 1.807) is 6.92 Å². The number of carbonyl (C=O) groups excluding carboxylic acids is 1. The summed E-state index contributed by atoms with van der Waals surface area (Å²) in [4.78, 5) is 11.6. The number of hydrogen-bond acceptors (Lipinski definition) is 2. The fraction of sp³-hybridized carbons (Fsp3) is 0.385. The van der Waals surface area contributed by atoms with Crippen LogP contribution in [0.5, 0.6) is 0 Å². The summed E-state index contributed by atoms with van der Waals surface area (Å²) in [5, 5.41) is 11.4. The molecule has 1 unspecified atom stereocenters. The van der Waals surface area contributed by atoms with Crippen LogP contribution < -0.4 is 5.32 Å². The minimum absolute atomic E-state index is 0.254. The Morgan fingerprint density at radius 2 is 1.94 bits per heavy atom. The van der Waals surface area contributed by atoms with Gasteiger partial charge in [0.15, 0.2) is 0 Å². The number of nitrogens with zero attached hydrogens (tertiary/aromatic N) is 1. The Bertz CT molecular complexity index is 418. The predicted molar refractivity (Wildman–Crippen MR) is 63.9 cm³/mol. The van der Waals surface area contributed by atoms with E-state index in [9.17, 15) is 4.79 Å². The molecule has 3 heteroatoms. The maximum Gasteiger partial charge on any atom is 0.241 e. The Hall–Kier alpha value is -1.82. The second kappa shape index (κ2) is 5.32. The van der Waals surface area contributed by atoms with Gasteiger partial charge in [-0.3, -0.25) is 4.79 Å². The van der Waals surface area contributed by atoms with E-state index in [1.807, 2.05) is 30.3 Å².